The van der Waals surface area contributed by atoms with E-state index in [-0.39, 0.29) is 5.84 Å². The maximum atomic E-state index is 8.76. The highest BCUT2D eigenvalue weighted by atomic mass is 35.5. The van der Waals surface area contributed by atoms with Gasteiger partial charge in [-0.15, -0.1) is 0 Å². The zero-order valence-corrected chi connectivity index (χ0v) is 11.8. The molecule has 1 aromatic rings. The van der Waals surface area contributed by atoms with E-state index in [1.165, 1.54) is 6.42 Å². The predicted octanol–water partition coefficient (Wildman–Crippen LogP) is 2.46. The summed E-state index contributed by atoms with van der Waals surface area (Å²) < 4.78 is 0. The Hall–Kier alpha value is -1.49. The van der Waals surface area contributed by atoms with Crippen LogP contribution in [0.15, 0.2) is 17.4 Å². The summed E-state index contributed by atoms with van der Waals surface area (Å²) in [5.41, 5.74) is 6.14. The van der Waals surface area contributed by atoms with Crippen LogP contribution in [0.4, 0.5) is 5.82 Å². The Labute approximate surface area is 118 Å². The minimum absolute atomic E-state index is 0.0110. The minimum Gasteiger partial charge on any atom is -0.409 e. The van der Waals surface area contributed by atoms with E-state index >= 15 is 0 Å². The number of nitrogens with two attached hydrogens (primary N) is 1. The van der Waals surface area contributed by atoms with Crippen molar-refractivity contribution in [2.45, 2.75) is 26.2 Å². The average Bonchev–Trinajstić information content (AvgIpc) is 2.63. The highest BCUT2D eigenvalue weighted by molar-refractivity contribution is 6.36. The Bertz CT molecular complexity index is 478. The van der Waals surface area contributed by atoms with Crippen LogP contribution in [0.25, 0.3) is 0 Å². The summed E-state index contributed by atoms with van der Waals surface area (Å²) in [4.78, 5) is 6.53. The van der Waals surface area contributed by atoms with Crippen LogP contribution in [0.3, 0.4) is 0 Å². The standard InChI is InChI=1S/C13H19ClN4O/c1-9-3-2-7-18(8-5-9)13-11(14)10(4-6-16-13)12(15)17-19/h4,6,9,19H,2-3,5,7-8H2,1H3,(H2,15,17). The quantitative estimate of drug-likeness (QED) is 0.378. The Kier molecular flexibility index (Phi) is 4.47. The molecule has 1 saturated heterocycles. The highest BCUT2D eigenvalue weighted by Gasteiger charge is 2.19. The third kappa shape index (κ3) is 3.10. The molecule has 5 nitrogen and oxygen atoms in total. The molecule has 19 heavy (non-hydrogen) atoms. The molecule has 0 radical (unpaired) electrons. The molecule has 1 aliphatic heterocycles. The number of hydrogen-bond donors (Lipinski definition) is 2. The van der Waals surface area contributed by atoms with Gasteiger partial charge in [0, 0.05) is 24.8 Å². The van der Waals surface area contributed by atoms with E-state index in [4.69, 9.17) is 22.5 Å². The Morgan fingerprint density at radius 3 is 3.05 bits per heavy atom. The van der Waals surface area contributed by atoms with Crippen molar-refractivity contribution in [2.24, 2.45) is 16.8 Å². The fourth-order valence-corrected chi connectivity index (χ4v) is 2.71. The van der Waals surface area contributed by atoms with E-state index in [9.17, 15) is 0 Å². The third-order valence-electron chi connectivity index (χ3n) is 3.57. The topological polar surface area (TPSA) is 74.7 Å². The molecule has 104 valence electrons. The third-order valence-corrected chi connectivity index (χ3v) is 3.94. The van der Waals surface area contributed by atoms with Gasteiger partial charge in [0.25, 0.3) is 0 Å². The Morgan fingerprint density at radius 1 is 1.53 bits per heavy atom. The van der Waals surface area contributed by atoms with Gasteiger partial charge in [-0.1, -0.05) is 23.7 Å². The molecular weight excluding hydrogens is 264 g/mol. The first-order valence-electron chi connectivity index (χ1n) is 6.50. The monoisotopic (exact) mass is 282 g/mol. The maximum absolute atomic E-state index is 8.76. The van der Waals surface area contributed by atoms with Crippen molar-refractivity contribution in [1.29, 1.82) is 0 Å². The van der Waals surface area contributed by atoms with Gasteiger partial charge in [0.2, 0.25) is 0 Å². The number of anilines is 1. The molecule has 0 saturated carbocycles. The molecule has 0 bridgehead atoms. The van der Waals surface area contributed by atoms with Gasteiger partial charge in [0.05, 0.1) is 5.02 Å². The number of aromatic nitrogens is 1. The van der Waals surface area contributed by atoms with Crippen LogP contribution in [0, 0.1) is 5.92 Å². The first kappa shape index (κ1) is 13.9. The van der Waals surface area contributed by atoms with Crippen molar-refractivity contribution in [1.82, 2.24) is 4.98 Å². The molecule has 2 heterocycles. The zero-order chi connectivity index (χ0) is 13.8. The van der Waals surface area contributed by atoms with E-state index in [1.807, 2.05) is 0 Å². The lowest BCUT2D eigenvalue weighted by Crippen LogP contribution is -2.26. The van der Waals surface area contributed by atoms with E-state index in [1.54, 1.807) is 12.3 Å². The number of hydrogen-bond acceptors (Lipinski definition) is 4. The molecule has 1 aliphatic rings. The lowest BCUT2D eigenvalue weighted by atomic mass is 10.0. The van der Waals surface area contributed by atoms with E-state index < -0.39 is 0 Å². The lowest BCUT2D eigenvalue weighted by molar-refractivity contribution is 0.318. The summed E-state index contributed by atoms with van der Waals surface area (Å²) in [5.74, 6) is 1.47. The van der Waals surface area contributed by atoms with Crippen molar-refractivity contribution in [3.63, 3.8) is 0 Å². The SMILES string of the molecule is CC1CCCN(c2nccc(/C(N)=N/O)c2Cl)CC1. The number of nitrogens with zero attached hydrogens (tertiary/aromatic N) is 3. The molecule has 1 fully saturated rings. The number of rotatable bonds is 2. The number of amidine groups is 1. The van der Waals surface area contributed by atoms with Gasteiger partial charge in [0.1, 0.15) is 5.82 Å². The molecular formula is C13H19ClN4O. The second-order valence-electron chi connectivity index (χ2n) is 5.00. The van der Waals surface area contributed by atoms with Crippen LogP contribution in [-0.2, 0) is 0 Å². The first-order valence-corrected chi connectivity index (χ1v) is 6.88. The predicted molar refractivity (Wildman–Crippen MR) is 77.0 cm³/mol. The van der Waals surface area contributed by atoms with Crippen molar-refractivity contribution in [3.8, 4) is 0 Å². The summed E-state index contributed by atoms with van der Waals surface area (Å²) in [6, 6.07) is 1.65. The molecule has 0 aliphatic carbocycles. The van der Waals surface area contributed by atoms with Gasteiger partial charge >= 0.3 is 0 Å². The first-order chi connectivity index (χ1) is 9.13. The molecule has 0 spiro atoms. The molecule has 1 atom stereocenters. The Balaban J connectivity index is 2.29. The summed E-state index contributed by atoms with van der Waals surface area (Å²) in [6.45, 7) is 4.15. The second-order valence-corrected chi connectivity index (χ2v) is 5.38. The van der Waals surface area contributed by atoms with E-state index in [0.717, 1.165) is 37.7 Å². The Morgan fingerprint density at radius 2 is 2.32 bits per heavy atom. The maximum Gasteiger partial charge on any atom is 0.171 e. The smallest absolute Gasteiger partial charge is 0.171 e. The summed E-state index contributed by atoms with van der Waals surface area (Å²) in [6.07, 6.45) is 5.13. The fraction of sp³-hybridized carbons (Fsp3) is 0.538. The van der Waals surface area contributed by atoms with Gasteiger partial charge in [-0.2, -0.15) is 0 Å². The van der Waals surface area contributed by atoms with Crippen LogP contribution < -0.4 is 10.6 Å². The van der Waals surface area contributed by atoms with Gasteiger partial charge in [-0.05, 0) is 31.2 Å². The summed E-state index contributed by atoms with van der Waals surface area (Å²) in [5, 5.41) is 12.2. The average molecular weight is 283 g/mol. The van der Waals surface area contributed by atoms with Crippen LogP contribution in [-0.4, -0.2) is 29.1 Å². The van der Waals surface area contributed by atoms with Gasteiger partial charge in [0.15, 0.2) is 5.84 Å². The second kappa shape index (κ2) is 6.10. The number of pyridine rings is 1. The highest BCUT2D eigenvalue weighted by Crippen LogP contribution is 2.29. The van der Waals surface area contributed by atoms with Crippen LogP contribution in [0.1, 0.15) is 31.7 Å². The molecule has 6 heteroatoms. The van der Waals surface area contributed by atoms with E-state index in [0.29, 0.717) is 10.6 Å². The van der Waals surface area contributed by atoms with Crippen LogP contribution >= 0.6 is 11.6 Å². The van der Waals surface area contributed by atoms with Crippen molar-refractivity contribution < 1.29 is 5.21 Å². The van der Waals surface area contributed by atoms with Crippen molar-refractivity contribution in [3.05, 3.63) is 22.8 Å². The van der Waals surface area contributed by atoms with E-state index in [2.05, 4.69) is 22.0 Å². The van der Waals surface area contributed by atoms with Crippen molar-refractivity contribution >= 4 is 23.3 Å². The zero-order valence-electron chi connectivity index (χ0n) is 11.0. The fourth-order valence-electron chi connectivity index (χ4n) is 2.38. The summed E-state index contributed by atoms with van der Waals surface area (Å²) >= 11 is 6.33. The minimum atomic E-state index is 0.0110. The van der Waals surface area contributed by atoms with Gasteiger partial charge in [-0.3, -0.25) is 0 Å². The van der Waals surface area contributed by atoms with Crippen LogP contribution in [0.2, 0.25) is 5.02 Å². The van der Waals surface area contributed by atoms with Gasteiger partial charge < -0.3 is 15.8 Å². The normalized spacial score (nSPS) is 21.3. The molecule has 1 aromatic heterocycles. The molecule has 3 N–H and O–H groups in total. The molecule has 0 amide bonds. The van der Waals surface area contributed by atoms with Gasteiger partial charge in [-0.25, -0.2) is 4.98 Å². The van der Waals surface area contributed by atoms with Crippen molar-refractivity contribution in [2.75, 3.05) is 18.0 Å². The lowest BCUT2D eigenvalue weighted by Gasteiger charge is -2.23. The molecule has 2 rings (SSSR count). The van der Waals surface area contributed by atoms with Crippen LogP contribution in [0.5, 0.6) is 0 Å². The molecule has 1 unspecified atom stereocenters. The number of halogens is 1. The largest absolute Gasteiger partial charge is 0.409 e. The molecule has 0 aromatic carbocycles. The summed E-state index contributed by atoms with van der Waals surface area (Å²) in [7, 11) is 0. The number of oxime groups is 1.